The van der Waals surface area contributed by atoms with E-state index < -0.39 is 26.4 Å². The molecule has 1 saturated carbocycles. The minimum atomic E-state index is -3.35. The van der Waals surface area contributed by atoms with E-state index in [-0.39, 0.29) is 19.2 Å². The van der Waals surface area contributed by atoms with Crippen LogP contribution in [0.3, 0.4) is 0 Å². The molecule has 118 valence electrons. The number of fused-ring (bicyclic) bond motifs is 1. The van der Waals surface area contributed by atoms with Crippen molar-refractivity contribution in [1.29, 1.82) is 5.26 Å². The Labute approximate surface area is 129 Å². The smallest absolute Gasteiger partial charge is 0.231 e. The summed E-state index contributed by atoms with van der Waals surface area (Å²) < 4.78 is 40.5. The Kier molecular flexibility index (Phi) is 3.54. The molecule has 0 aromatic heterocycles. The first kappa shape index (κ1) is 15.1. The zero-order chi connectivity index (χ0) is 16.0. The zero-order valence-electron chi connectivity index (χ0n) is 12.4. The van der Waals surface area contributed by atoms with E-state index in [0.717, 1.165) is 5.56 Å². The third-order valence-electron chi connectivity index (χ3n) is 4.39. The predicted octanol–water partition coefficient (Wildman–Crippen LogP) is 1.47. The first-order chi connectivity index (χ1) is 10.5. The van der Waals surface area contributed by atoms with Crippen molar-refractivity contribution in [1.82, 2.24) is 0 Å². The first-order valence-electron chi connectivity index (χ1n) is 7.01. The minimum Gasteiger partial charge on any atom is -0.454 e. The molecule has 0 N–H and O–H groups in total. The average Bonchev–Trinajstić information content (AvgIpc) is 2.96. The third kappa shape index (κ3) is 2.06. The van der Waals surface area contributed by atoms with Crippen LogP contribution < -0.4 is 9.47 Å². The van der Waals surface area contributed by atoms with Gasteiger partial charge in [0.25, 0.3) is 0 Å². The molecular formula is C15H17NO5S. The van der Waals surface area contributed by atoms with E-state index in [1.807, 2.05) is 0 Å². The van der Waals surface area contributed by atoms with Crippen molar-refractivity contribution in [2.24, 2.45) is 5.41 Å². The maximum Gasteiger partial charge on any atom is 0.231 e. The maximum atomic E-state index is 12.4. The predicted molar refractivity (Wildman–Crippen MR) is 78.5 cm³/mol. The lowest BCUT2D eigenvalue weighted by Gasteiger charge is -2.07. The van der Waals surface area contributed by atoms with Crippen LogP contribution in [0.15, 0.2) is 18.2 Å². The summed E-state index contributed by atoms with van der Waals surface area (Å²) in [6, 6.07) is 7.50. The number of ether oxygens (including phenoxy) is 3. The highest BCUT2D eigenvalue weighted by Gasteiger charge is 2.71. The average molecular weight is 323 g/mol. The summed E-state index contributed by atoms with van der Waals surface area (Å²) in [6.45, 7) is 1.84. The maximum absolute atomic E-state index is 12.4. The van der Waals surface area contributed by atoms with E-state index in [2.05, 4.69) is 6.07 Å². The minimum absolute atomic E-state index is 0.00582. The van der Waals surface area contributed by atoms with Gasteiger partial charge in [-0.1, -0.05) is 13.0 Å². The number of hydrogen-bond acceptors (Lipinski definition) is 6. The van der Waals surface area contributed by atoms with Crippen LogP contribution in [0.1, 0.15) is 18.4 Å². The molecule has 1 aromatic rings. The van der Waals surface area contributed by atoms with Crippen LogP contribution in [0.2, 0.25) is 0 Å². The Hall–Kier alpha value is -1.78. The molecule has 0 spiro atoms. The van der Waals surface area contributed by atoms with Crippen molar-refractivity contribution >= 4 is 9.84 Å². The van der Waals surface area contributed by atoms with Crippen LogP contribution in [0.4, 0.5) is 0 Å². The number of nitrogens with zero attached hydrogens (tertiary/aromatic N) is 1. The van der Waals surface area contributed by atoms with E-state index in [1.165, 1.54) is 7.11 Å². The van der Waals surface area contributed by atoms with Crippen molar-refractivity contribution in [2.45, 2.75) is 18.1 Å². The largest absolute Gasteiger partial charge is 0.454 e. The van der Waals surface area contributed by atoms with Gasteiger partial charge in [0, 0.05) is 18.8 Å². The normalized spacial score (nSPS) is 29.1. The van der Waals surface area contributed by atoms with Gasteiger partial charge >= 0.3 is 0 Å². The molecule has 1 heterocycles. The molecule has 22 heavy (non-hydrogen) atoms. The highest BCUT2D eigenvalue weighted by atomic mass is 32.2. The van der Waals surface area contributed by atoms with Crippen molar-refractivity contribution < 1.29 is 22.6 Å². The van der Waals surface area contributed by atoms with E-state index in [9.17, 15) is 13.7 Å². The summed E-state index contributed by atoms with van der Waals surface area (Å²) in [5, 5.41) is 8.85. The lowest BCUT2D eigenvalue weighted by atomic mass is 10.0. The summed E-state index contributed by atoms with van der Waals surface area (Å²) in [4.78, 5) is 0. The van der Waals surface area contributed by atoms with Gasteiger partial charge in [-0.05, 0) is 17.7 Å². The van der Waals surface area contributed by atoms with Crippen molar-refractivity contribution in [3.63, 3.8) is 0 Å². The van der Waals surface area contributed by atoms with Crippen molar-refractivity contribution in [3.8, 4) is 17.6 Å². The molecule has 1 aliphatic heterocycles. The summed E-state index contributed by atoms with van der Waals surface area (Å²) in [6.07, 6.45) is 0. The van der Waals surface area contributed by atoms with Gasteiger partial charge in [-0.2, -0.15) is 5.26 Å². The first-order valence-corrected chi connectivity index (χ1v) is 8.73. The zero-order valence-corrected chi connectivity index (χ0v) is 13.2. The second-order valence-corrected chi connectivity index (χ2v) is 7.96. The number of sulfone groups is 1. The van der Waals surface area contributed by atoms with E-state index in [0.29, 0.717) is 11.5 Å². The van der Waals surface area contributed by atoms with Crippen LogP contribution in [-0.4, -0.2) is 39.9 Å². The van der Waals surface area contributed by atoms with E-state index in [4.69, 9.17) is 14.2 Å². The molecule has 3 unspecified atom stereocenters. The van der Waals surface area contributed by atoms with Gasteiger partial charge in [0.1, 0.15) is 5.41 Å². The molecule has 7 heteroatoms. The molecule has 1 aliphatic carbocycles. The lowest BCUT2D eigenvalue weighted by molar-refractivity contribution is 0.162. The molecule has 0 amide bonds. The Morgan fingerprint density at radius 1 is 1.41 bits per heavy atom. The Morgan fingerprint density at radius 2 is 2.14 bits per heavy atom. The van der Waals surface area contributed by atoms with Gasteiger partial charge in [0.2, 0.25) is 6.79 Å². The van der Waals surface area contributed by atoms with Crippen LogP contribution in [0.25, 0.3) is 0 Å². The fourth-order valence-corrected chi connectivity index (χ4v) is 5.27. The molecular weight excluding hydrogens is 306 g/mol. The Bertz CT molecular complexity index is 739. The summed E-state index contributed by atoms with van der Waals surface area (Å²) in [5.74, 6) is 0.818. The Balaban J connectivity index is 2.03. The highest BCUT2D eigenvalue weighted by Crippen LogP contribution is 2.63. The SMILES string of the molecule is CCS(=O)(=O)C1C(c2ccc3c(c2)OCO3)C1(C#N)COC. The number of rotatable bonds is 5. The molecule has 0 bridgehead atoms. The van der Waals surface area contributed by atoms with Gasteiger partial charge < -0.3 is 14.2 Å². The van der Waals surface area contributed by atoms with Crippen LogP contribution in [-0.2, 0) is 14.6 Å². The molecule has 1 fully saturated rings. The number of benzene rings is 1. The summed E-state index contributed by atoms with van der Waals surface area (Å²) in [7, 11) is -1.88. The second kappa shape index (κ2) is 5.14. The molecule has 3 atom stereocenters. The van der Waals surface area contributed by atoms with Gasteiger partial charge in [0.15, 0.2) is 21.3 Å². The molecule has 2 aliphatic rings. The number of hydrogen-bond donors (Lipinski definition) is 0. The number of nitriles is 1. The Morgan fingerprint density at radius 3 is 2.77 bits per heavy atom. The number of methoxy groups -OCH3 is 1. The molecule has 3 rings (SSSR count). The topological polar surface area (TPSA) is 85.6 Å². The van der Waals surface area contributed by atoms with Gasteiger partial charge in [-0.25, -0.2) is 8.42 Å². The lowest BCUT2D eigenvalue weighted by Crippen LogP contribution is -2.20. The van der Waals surface area contributed by atoms with Crippen LogP contribution >= 0.6 is 0 Å². The van der Waals surface area contributed by atoms with Gasteiger partial charge in [-0.15, -0.1) is 0 Å². The molecule has 6 nitrogen and oxygen atoms in total. The highest BCUT2D eigenvalue weighted by molar-refractivity contribution is 7.92. The van der Waals surface area contributed by atoms with Crippen molar-refractivity contribution in [3.05, 3.63) is 23.8 Å². The van der Waals surface area contributed by atoms with Crippen LogP contribution in [0, 0.1) is 16.7 Å². The standard InChI is InChI=1S/C15H17NO5S/c1-3-22(17,18)14-13(15(14,7-16)8-19-2)10-4-5-11-12(6-10)21-9-20-11/h4-6,13-14H,3,8-9H2,1-2H3. The third-order valence-corrected chi connectivity index (χ3v) is 6.66. The fourth-order valence-electron chi connectivity index (χ4n) is 3.27. The van der Waals surface area contributed by atoms with E-state index >= 15 is 0 Å². The summed E-state index contributed by atoms with van der Waals surface area (Å²) >= 11 is 0. The quantitative estimate of drug-likeness (QED) is 0.816. The van der Waals surface area contributed by atoms with Gasteiger partial charge in [-0.3, -0.25) is 0 Å². The summed E-state index contributed by atoms with van der Waals surface area (Å²) in [5.41, 5.74) is -0.262. The molecule has 0 radical (unpaired) electrons. The molecule has 0 saturated heterocycles. The van der Waals surface area contributed by atoms with Crippen LogP contribution in [0.5, 0.6) is 11.5 Å². The van der Waals surface area contributed by atoms with Crippen molar-refractivity contribution in [2.75, 3.05) is 26.3 Å². The van der Waals surface area contributed by atoms with Gasteiger partial charge in [0.05, 0.1) is 17.9 Å². The second-order valence-electron chi connectivity index (χ2n) is 5.55. The monoisotopic (exact) mass is 323 g/mol. The molecule has 1 aromatic carbocycles. The van der Waals surface area contributed by atoms with E-state index in [1.54, 1.807) is 25.1 Å². The fraction of sp³-hybridized carbons (Fsp3) is 0.533.